The van der Waals surface area contributed by atoms with Crippen LogP contribution in [0.15, 0.2) is 10.5 Å². The lowest BCUT2D eigenvalue weighted by Gasteiger charge is -2.12. The van der Waals surface area contributed by atoms with E-state index < -0.39 is 0 Å². The number of carbonyl (C=O) groups is 1. The van der Waals surface area contributed by atoms with Crippen molar-refractivity contribution in [3.63, 3.8) is 0 Å². The van der Waals surface area contributed by atoms with Crippen LogP contribution in [0.4, 0.5) is 0 Å². The molecule has 1 atom stereocenters. The second-order valence-electron chi connectivity index (χ2n) is 4.24. The highest BCUT2D eigenvalue weighted by Crippen LogP contribution is 2.14. The normalized spacial score (nSPS) is 12.5. The molecule has 0 aliphatic heterocycles. The lowest BCUT2D eigenvalue weighted by molar-refractivity contribution is 0.0921. The molecular weight excluding hydrogens is 216 g/mol. The predicted molar refractivity (Wildman–Crippen MR) is 68.3 cm³/mol. The molecule has 0 spiro atoms. The molecule has 1 heterocycles. The first-order valence-corrected chi connectivity index (χ1v) is 6.19. The van der Waals surface area contributed by atoms with Gasteiger partial charge in [0.25, 0.3) is 5.91 Å². The largest absolute Gasteiger partial charge is 0.456 e. The van der Waals surface area contributed by atoms with E-state index >= 15 is 0 Å². The first-order valence-electron chi connectivity index (χ1n) is 6.19. The Hall–Kier alpha value is -1.29. The van der Waals surface area contributed by atoms with Crippen LogP contribution in [0.5, 0.6) is 0 Å². The van der Waals surface area contributed by atoms with Gasteiger partial charge in [-0.2, -0.15) is 0 Å². The van der Waals surface area contributed by atoms with Gasteiger partial charge in [-0.3, -0.25) is 4.79 Å². The number of hydrogen-bond donors (Lipinski definition) is 2. The molecule has 1 amide bonds. The summed E-state index contributed by atoms with van der Waals surface area (Å²) in [5.74, 6) is 1.15. The number of rotatable bonds is 6. The Morgan fingerprint density at radius 2 is 2.18 bits per heavy atom. The number of nitrogens with one attached hydrogen (secondary N) is 2. The van der Waals surface area contributed by atoms with Crippen molar-refractivity contribution < 1.29 is 9.21 Å². The fourth-order valence-electron chi connectivity index (χ4n) is 1.74. The zero-order valence-electron chi connectivity index (χ0n) is 11.1. The number of amides is 1. The van der Waals surface area contributed by atoms with Crippen LogP contribution >= 0.6 is 0 Å². The van der Waals surface area contributed by atoms with E-state index in [4.69, 9.17) is 4.42 Å². The van der Waals surface area contributed by atoms with Crippen molar-refractivity contribution in [1.82, 2.24) is 10.6 Å². The summed E-state index contributed by atoms with van der Waals surface area (Å²) < 4.78 is 5.49. The second-order valence-corrected chi connectivity index (χ2v) is 4.24. The molecule has 0 saturated heterocycles. The minimum Gasteiger partial charge on any atom is -0.456 e. The molecule has 17 heavy (non-hydrogen) atoms. The van der Waals surface area contributed by atoms with Crippen molar-refractivity contribution in [2.24, 2.45) is 0 Å². The molecule has 0 aliphatic rings. The number of furan rings is 1. The molecule has 4 heteroatoms. The molecule has 2 N–H and O–H groups in total. The van der Waals surface area contributed by atoms with Crippen molar-refractivity contribution in [3.05, 3.63) is 23.2 Å². The average molecular weight is 238 g/mol. The van der Waals surface area contributed by atoms with Gasteiger partial charge in [-0.1, -0.05) is 13.8 Å². The number of likely N-dealkylation sites (N-methyl/N-ethyl adjacent to an activating group) is 1. The SMILES string of the molecule is CCN[C@H](C)CNC(=O)c1cc(C)c(CC)o1. The van der Waals surface area contributed by atoms with Crippen LogP contribution in [0.2, 0.25) is 0 Å². The highest BCUT2D eigenvalue weighted by Gasteiger charge is 2.13. The van der Waals surface area contributed by atoms with Gasteiger partial charge in [0.2, 0.25) is 0 Å². The molecule has 0 aliphatic carbocycles. The van der Waals surface area contributed by atoms with E-state index in [0.29, 0.717) is 12.3 Å². The topological polar surface area (TPSA) is 54.3 Å². The third-order valence-electron chi connectivity index (χ3n) is 2.69. The summed E-state index contributed by atoms with van der Waals surface area (Å²) in [6, 6.07) is 2.07. The molecule has 0 saturated carbocycles. The lowest BCUT2D eigenvalue weighted by Crippen LogP contribution is -2.38. The van der Waals surface area contributed by atoms with Gasteiger partial charge in [-0.25, -0.2) is 0 Å². The maximum absolute atomic E-state index is 11.8. The first-order chi connectivity index (χ1) is 8.08. The molecule has 0 aromatic carbocycles. The quantitative estimate of drug-likeness (QED) is 0.795. The molecule has 96 valence electrons. The van der Waals surface area contributed by atoms with Crippen LogP contribution in [-0.2, 0) is 6.42 Å². The number of hydrogen-bond acceptors (Lipinski definition) is 3. The molecule has 1 rings (SSSR count). The molecular formula is C13H22N2O2. The molecule has 1 aromatic rings. The van der Waals surface area contributed by atoms with Crippen LogP contribution in [0.3, 0.4) is 0 Å². The Labute approximate surface area is 103 Å². The van der Waals surface area contributed by atoms with Gasteiger partial charge in [0.1, 0.15) is 5.76 Å². The zero-order valence-corrected chi connectivity index (χ0v) is 11.1. The van der Waals surface area contributed by atoms with Gasteiger partial charge >= 0.3 is 0 Å². The van der Waals surface area contributed by atoms with E-state index in [9.17, 15) is 4.79 Å². The van der Waals surface area contributed by atoms with Gasteiger partial charge in [0.15, 0.2) is 5.76 Å². The van der Waals surface area contributed by atoms with Crippen molar-refractivity contribution in [1.29, 1.82) is 0 Å². The first kappa shape index (κ1) is 13.8. The molecule has 4 nitrogen and oxygen atoms in total. The fourth-order valence-corrected chi connectivity index (χ4v) is 1.74. The Kier molecular flexibility index (Phi) is 5.22. The molecule has 0 radical (unpaired) electrons. The van der Waals surface area contributed by atoms with Crippen LogP contribution in [0, 0.1) is 6.92 Å². The Morgan fingerprint density at radius 1 is 1.47 bits per heavy atom. The summed E-state index contributed by atoms with van der Waals surface area (Å²) in [6.07, 6.45) is 0.812. The summed E-state index contributed by atoms with van der Waals surface area (Å²) in [7, 11) is 0. The number of carbonyl (C=O) groups excluding carboxylic acids is 1. The van der Waals surface area contributed by atoms with Crippen molar-refractivity contribution >= 4 is 5.91 Å². The van der Waals surface area contributed by atoms with Gasteiger partial charge in [-0.15, -0.1) is 0 Å². The van der Waals surface area contributed by atoms with Crippen LogP contribution in [0.25, 0.3) is 0 Å². The highest BCUT2D eigenvalue weighted by molar-refractivity contribution is 5.91. The molecule has 0 bridgehead atoms. The monoisotopic (exact) mass is 238 g/mol. The van der Waals surface area contributed by atoms with E-state index in [1.165, 1.54) is 0 Å². The Morgan fingerprint density at radius 3 is 2.71 bits per heavy atom. The minimum absolute atomic E-state index is 0.141. The maximum atomic E-state index is 11.8. The van der Waals surface area contributed by atoms with Crippen LogP contribution in [0.1, 0.15) is 42.6 Å². The molecule has 0 unspecified atom stereocenters. The Balaban J connectivity index is 2.52. The van der Waals surface area contributed by atoms with E-state index in [0.717, 1.165) is 24.3 Å². The highest BCUT2D eigenvalue weighted by atomic mass is 16.4. The van der Waals surface area contributed by atoms with Crippen molar-refractivity contribution in [2.45, 2.75) is 40.2 Å². The van der Waals surface area contributed by atoms with Crippen molar-refractivity contribution in [3.8, 4) is 0 Å². The lowest BCUT2D eigenvalue weighted by atomic mass is 10.2. The van der Waals surface area contributed by atoms with Crippen LogP contribution in [-0.4, -0.2) is 25.0 Å². The van der Waals surface area contributed by atoms with E-state index in [-0.39, 0.29) is 11.9 Å². The predicted octanol–water partition coefficient (Wildman–Crippen LogP) is 1.88. The van der Waals surface area contributed by atoms with Gasteiger partial charge < -0.3 is 15.1 Å². The zero-order chi connectivity index (χ0) is 12.8. The maximum Gasteiger partial charge on any atom is 0.287 e. The van der Waals surface area contributed by atoms with E-state index in [1.54, 1.807) is 6.07 Å². The third-order valence-corrected chi connectivity index (χ3v) is 2.69. The number of aryl methyl sites for hydroxylation is 2. The van der Waals surface area contributed by atoms with E-state index in [2.05, 4.69) is 10.6 Å². The summed E-state index contributed by atoms with van der Waals surface area (Å²) in [6.45, 7) is 9.56. The summed E-state index contributed by atoms with van der Waals surface area (Å²) in [4.78, 5) is 11.8. The molecule has 1 aromatic heterocycles. The summed E-state index contributed by atoms with van der Waals surface area (Å²) >= 11 is 0. The van der Waals surface area contributed by atoms with Gasteiger partial charge in [0, 0.05) is 19.0 Å². The standard InChI is InChI=1S/C13H22N2O2/c1-5-11-9(3)7-12(17-11)13(16)15-8-10(4)14-6-2/h7,10,14H,5-6,8H2,1-4H3,(H,15,16)/t10-/m1/s1. The Bertz CT molecular complexity index is 371. The second kappa shape index (κ2) is 6.45. The van der Waals surface area contributed by atoms with Gasteiger partial charge in [0.05, 0.1) is 0 Å². The molecule has 0 fully saturated rings. The van der Waals surface area contributed by atoms with Crippen LogP contribution < -0.4 is 10.6 Å². The van der Waals surface area contributed by atoms with Crippen molar-refractivity contribution in [2.75, 3.05) is 13.1 Å². The third kappa shape index (κ3) is 3.89. The average Bonchev–Trinajstić information content (AvgIpc) is 2.68. The minimum atomic E-state index is -0.141. The fraction of sp³-hybridized carbons (Fsp3) is 0.615. The summed E-state index contributed by atoms with van der Waals surface area (Å²) in [5, 5.41) is 6.09. The summed E-state index contributed by atoms with van der Waals surface area (Å²) in [5.41, 5.74) is 1.04. The smallest absolute Gasteiger partial charge is 0.287 e. The van der Waals surface area contributed by atoms with E-state index in [1.807, 2.05) is 27.7 Å². The van der Waals surface area contributed by atoms with Gasteiger partial charge in [-0.05, 0) is 32.0 Å².